The number of nitrogens with two attached hydrogens (primary N) is 1. The predicted octanol–water partition coefficient (Wildman–Crippen LogP) is 0.531. The molecule has 1 saturated carbocycles. The lowest BCUT2D eigenvalue weighted by molar-refractivity contribution is -0.119. The van der Waals surface area contributed by atoms with E-state index >= 15 is 0 Å². The summed E-state index contributed by atoms with van der Waals surface area (Å²) in [5.41, 5.74) is 6.20. The summed E-state index contributed by atoms with van der Waals surface area (Å²) in [6.45, 7) is 2.03. The summed E-state index contributed by atoms with van der Waals surface area (Å²) in [6.07, 6.45) is 3.48. The summed E-state index contributed by atoms with van der Waals surface area (Å²) in [4.78, 5) is 27.4. The van der Waals surface area contributed by atoms with Crippen molar-refractivity contribution in [2.75, 3.05) is 24.2 Å². The molecule has 1 aromatic rings. The number of pyridine rings is 1. The number of amides is 1. The molecule has 0 aliphatic heterocycles. The second-order valence-electron chi connectivity index (χ2n) is 4.58. The highest BCUT2D eigenvalue weighted by molar-refractivity contribution is 5.96. The van der Waals surface area contributed by atoms with Gasteiger partial charge in [0.15, 0.2) is 0 Å². The summed E-state index contributed by atoms with van der Waals surface area (Å²) in [5.74, 6) is -0.345. The number of anilines is 2. The second-order valence-corrected chi connectivity index (χ2v) is 4.58. The number of nitrogen functional groups attached to an aromatic ring is 1. The molecule has 1 aliphatic carbocycles. The smallest absolute Gasteiger partial charge is 0.341 e. The van der Waals surface area contributed by atoms with E-state index in [-0.39, 0.29) is 24.6 Å². The summed E-state index contributed by atoms with van der Waals surface area (Å²) < 4.78 is 4.93. The van der Waals surface area contributed by atoms with Crippen molar-refractivity contribution in [3.8, 4) is 0 Å². The van der Waals surface area contributed by atoms with Crippen LogP contribution in [0.1, 0.15) is 30.1 Å². The molecule has 0 atom stereocenters. The minimum atomic E-state index is -0.516. The zero-order valence-corrected chi connectivity index (χ0v) is 11.3. The maximum Gasteiger partial charge on any atom is 0.341 e. The van der Waals surface area contributed by atoms with Crippen LogP contribution in [0.3, 0.4) is 0 Å². The van der Waals surface area contributed by atoms with Gasteiger partial charge in [-0.2, -0.15) is 0 Å². The normalized spacial score (nSPS) is 13.7. The molecule has 0 spiro atoms. The Hall–Kier alpha value is -2.31. The zero-order chi connectivity index (χ0) is 14.5. The zero-order valence-electron chi connectivity index (χ0n) is 11.3. The summed E-state index contributed by atoms with van der Waals surface area (Å²) in [6, 6.07) is 1.78. The third-order valence-electron chi connectivity index (χ3n) is 2.76. The summed E-state index contributed by atoms with van der Waals surface area (Å²) in [7, 11) is 0. The number of nitrogens with zero attached hydrogens (tertiary/aromatic N) is 1. The lowest BCUT2D eigenvalue weighted by Gasteiger charge is -2.11. The van der Waals surface area contributed by atoms with E-state index in [1.165, 1.54) is 12.3 Å². The third kappa shape index (κ3) is 3.84. The molecule has 0 saturated heterocycles. The van der Waals surface area contributed by atoms with Gasteiger partial charge >= 0.3 is 5.97 Å². The highest BCUT2D eigenvalue weighted by atomic mass is 16.5. The van der Waals surface area contributed by atoms with Gasteiger partial charge in [0.05, 0.1) is 25.0 Å². The van der Waals surface area contributed by atoms with Gasteiger partial charge < -0.3 is 21.1 Å². The molecular formula is C13H18N4O3. The van der Waals surface area contributed by atoms with Crippen molar-refractivity contribution in [1.82, 2.24) is 10.3 Å². The average Bonchev–Trinajstić information content (AvgIpc) is 3.21. The monoisotopic (exact) mass is 278 g/mol. The Labute approximate surface area is 116 Å². The Morgan fingerprint density at radius 2 is 2.25 bits per heavy atom. The molecule has 7 heteroatoms. The lowest BCUT2D eigenvalue weighted by Crippen LogP contribution is -2.32. The highest BCUT2D eigenvalue weighted by Crippen LogP contribution is 2.19. The number of carbonyl (C=O) groups excluding carboxylic acids is 2. The minimum Gasteiger partial charge on any atom is -0.462 e. The van der Waals surface area contributed by atoms with E-state index in [1.807, 2.05) is 0 Å². The molecule has 1 heterocycles. The van der Waals surface area contributed by atoms with Crippen molar-refractivity contribution < 1.29 is 14.3 Å². The third-order valence-corrected chi connectivity index (χ3v) is 2.76. The Morgan fingerprint density at radius 3 is 2.90 bits per heavy atom. The largest absolute Gasteiger partial charge is 0.462 e. The number of carbonyl (C=O) groups is 2. The molecule has 0 aromatic carbocycles. The van der Waals surface area contributed by atoms with Crippen LogP contribution < -0.4 is 16.4 Å². The lowest BCUT2D eigenvalue weighted by atomic mass is 10.2. The van der Waals surface area contributed by atoms with Crippen LogP contribution in [0.15, 0.2) is 12.3 Å². The first kappa shape index (κ1) is 14.1. The Bertz CT molecular complexity index is 514. The van der Waals surface area contributed by atoms with Crippen LogP contribution in [0.25, 0.3) is 0 Å². The van der Waals surface area contributed by atoms with Crippen molar-refractivity contribution in [3.63, 3.8) is 0 Å². The molecule has 2 rings (SSSR count). The van der Waals surface area contributed by atoms with E-state index in [9.17, 15) is 9.59 Å². The number of aromatic nitrogens is 1. The van der Waals surface area contributed by atoms with E-state index < -0.39 is 5.97 Å². The van der Waals surface area contributed by atoms with Crippen LogP contribution in [-0.4, -0.2) is 36.1 Å². The van der Waals surface area contributed by atoms with Gasteiger partial charge in [-0.05, 0) is 25.8 Å². The Kier molecular flexibility index (Phi) is 4.39. The van der Waals surface area contributed by atoms with Gasteiger partial charge in [0, 0.05) is 6.04 Å². The molecule has 0 radical (unpaired) electrons. The van der Waals surface area contributed by atoms with Gasteiger partial charge in [-0.3, -0.25) is 4.79 Å². The van der Waals surface area contributed by atoms with E-state index in [1.54, 1.807) is 6.92 Å². The van der Waals surface area contributed by atoms with Crippen LogP contribution in [0.4, 0.5) is 11.5 Å². The maximum atomic E-state index is 11.8. The first-order chi connectivity index (χ1) is 9.60. The fourth-order valence-corrected chi connectivity index (χ4v) is 1.66. The van der Waals surface area contributed by atoms with Gasteiger partial charge in [0.2, 0.25) is 5.91 Å². The molecule has 0 unspecified atom stereocenters. The number of nitrogens with one attached hydrogen (secondary N) is 2. The molecule has 1 aromatic heterocycles. The number of hydrogen-bond acceptors (Lipinski definition) is 6. The molecular weight excluding hydrogens is 260 g/mol. The molecule has 0 bridgehead atoms. The molecule has 4 N–H and O–H groups in total. The fraction of sp³-hybridized carbons (Fsp3) is 0.462. The maximum absolute atomic E-state index is 11.8. The van der Waals surface area contributed by atoms with Crippen molar-refractivity contribution in [1.29, 1.82) is 0 Å². The van der Waals surface area contributed by atoms with Crippen LogP contribution in [0.5, 0.6) is 0 Å². The molecule has 1 amide bonds. The SMILES string of the molecule is CCOC(=O)c1cc(N)cnc1NCC(=O)NC1CC1. The molecule has 7 nitrogen and oxygen atoms in total. The minimum absolute atomic E-state index is 0.0554. The molecule has 1 fully saturated rings. The van der Waals surface area contributed by atoms with Crippen molar-refractivity contribution in [2.45, 2.75) is 25.8 Å². The number of ether oxygens (including phenoxy) is 1. The molecule has 20 heavy (non-hydrogen) atoms. The molecule has 108 valence electrons. The van der Waals surface area contributed by atoms with Crippen LogP contribution in [0.2, 0.25) is 0 Å². The van der Waals surface area contributed by atoms with Crippen LogP contribution in [0, 0.1) is 0 Å². The number of rotatable bonds is 6. The van der Waals surface area contributed by atoms with Gasteiger partial charge in [-0.15, -0.1) is 0 Å². The van der Waals surface area contributed by atoms with Crippen molar-refractivity contribution >= 4 is 23.4 Å². The fourth-order valence-electron chi connectivity index (χ4n) is 1.66. The van der Waals surface area contributed by atoms with Crippen molar-refractivity contribution in [2.24, 2.45) is 0 Å². The van der Waals surface area contributed by atoms with Gasteiger partial charge in [-0.1, -0.05) is 0 Å². The first-order valence-corrected chi connectivity index (χ1v) is 6.56. The topological polar surface area (TPSA) is 106 Å². The predicted molar refractivity (Wildman–Crippen MR) is 74.3 cm³/mol. The number of hydrogen-bond donors (Lipinski definition) is 3. The van der Waals surface area contributed by atoms with Crippen LogP contribution in [-0.2, 0) is 9.53 Å². The van der Waals surface area contributed by atoms with E-state index in [0.717, 1.165) is 12.8 Å². The average molecular weight is 278 g/mol. The second kappa shape index (κ2) is 6.23. The standard InChI is InChI=1S/C13H18N4O3/c1-2-20-13(19)10-5-8(14)6-15-12(10)16-7-11(18)17-9-3-4-9/h5-6,9H,2-4,7,14H2,1H3,(H,15,16)(H,17,18). The van der Waals surface area contributed by atoms with Gasteiger partial charge in [0.25, 0.3) is 0 Å². The molecule has 1 aliphatic rings. The number of esters is 1. The van der Waals surface area contributed by atoms with E-state index in [0.29, 0.717) is 17.5 Å². The summed E-state index contributed by atoms with van der Waals surface area (Å²) >= 11 is 0. The van der Waals surface area contributed by atoms with Crippen molar-refractivity contribution in [3.05, 3.63) is 17.8 Å². The Morgan fingerprint density at radius 1 is 1.50 bits per heavy atom. The van der Waals surface area contributed by atoms with E-state index in [2.05, 4.69) is 15.6 Å². The van der Waals surface area contributed by atoms with E-state index in [4.69, 9.17) is 10.5 Å². The summed E-state index contributed by atoms with van der Waals surface area (Å²) in [5, 5.41) is 5.67. The quantitative estimate of drug-likeness (QED) is 0.655. The highest BCUT2D eigenvalue weighted by Gasteiger charge is 2.23. The van der Waals surface area contributed by atoms with Crippen LogP contribution >= 0.6 is 0 Å². The Balaban J connectivity index is 2.01. The first-order valence-electron chi connectivity index (χ1n) is 6.56. The van der Waals surface area contributed by atoms with Gasteiger partial charge in [-0.25, -0.2) is 9.78 Å². The van der Waals surface area contributed by atoms with Gasteiger partial charge in [0.1, 0.15) is 11.4 Å².